The summed E-state index contributed by atoms with van der Waals surface area (Å²) in [4.78, 5) is 11.8. The Labute approximate surface area is 122 Å². The normalized spacial score (nSPS) is 12.9. The molecule has 1 aromatic rings. The van der Waals surface area contributed by atoms with Gasteiger partial charge in [-0.1, -0.05) is 28.1 Å². The molecule has 0 saturated carbocycles. The largest absolute Gasteiger partial charge is 0.444 e. The summed E-state index contributed by atoms with van der Waals surface area (Å²) in [5.41, 5.74) is 0.456. The van der Waals surface area contributed by atoms with Crippen LogP contribution >= 0.6 is 15.9 Å². The number of amides is 1. The molecule has 0 aliphatic rings. The molecule has 0 saturated heterocycles. The van der Waals surface area contributed by atoms with E-state index in [4.69, 9.17) is 9.47 Å². The number of alkyl carbamates (subject to hydrolysis) is 1. The van der Waals surface area contributed by atoms with Crippen LogP contribution in [0.2, 0.25) is 0 Å². The maximum atomic E-state index is 11.8. The van der Waals surface area contributed by atoms with Gasteiger partial charge in [0, 0.05) is 11.6 Å². The van der Waals surface area contributed by atoms with Crippen molar-refractivity contribution in [3.63, 3.8) is 0 Å². The summed E-state index contributed by atoms with van der Waals surface area (Å²) in [6.07, 6.45) is -0.447. The predicted molar refractivity (Wildman–Crippen MR) is 78.1 cm³/mol. The predicted octanol–water partition coefficient (Wildman–Crippen LogP) is 3.66. The van der Waals surface area contributed by atoms with Crippen LogP contribution in [0.25, 0.3) is 0 Å². The average molecular weight is 330 g/mol. The van der Waals surface area contributed by atoms with Crippen LogP contribution < -0.4 is 5.32 Å². The molecule has 1 atom stereocenters. The van der Waals surface area contributed by atoms with Gasteiger partial charge in [0.15, 0.2) is 0 Å². The Hall–Kier alpha value is -1.07. The van der Waals surface area contributed by atoms with Crippen LogP contribution in [0.5, 0.6) is 0 Å². The van der Waals surface area contributed by atoms with E-state index in [2.05, 4.69) is 21.2 Å². The zero-order valence-corrected chi connectivity index (χ0v) is 13.3. The minimum absolute atomic E-state index is 0.229. The topological polar surface area (TPSA) is 47.6 Å². The molecule has 5 heteroatoms. The maximum Gasteiger partial charge on any atom is 0.408 e. The van der Waals surface area contributed by atoms with Crippen LogP contribution in [0.1, 0.15) is 32.4 Å². The third-order valence-corrected chi connectivity index (χ3v) is 2.83. The first-order chi connectivity index (χ1) is 8.81. The van der Waals surface area contributed by atoms with Gasteiger partial charge in [-0.2, -0.15) is 0 Å². The maximum absolute atomic E-state index is 11.8. The molecule has 0 radical (unpaired) electrons. The minimum Gasteiger partial charge on any atom is -0.444 e. The number of carbonyl (C=O) groups excluding carboxylic acids is 1. The lowest BCUT2D eigenvalue weighted by Crippen LogP contribution is -2.36. The SMILES string of the molecule is COC[C@@H](NC(=O)OC(C)(C)C)c1ccc(Br)cc1. The quantitative estimate of drug-likeness (QED) is 0.916. The Morgan fingerprint density at radius 3 is 2.37 bits per heavy atom. The number of hydrogen-bond acceptors (Lipinski definition) is 3. The first kappa shape index (κ1) is 16.0. The standard InChI is InChI=1S/C14H20BrNO3/c1-14(2,3)19-13(17)16-12(9-18-4)10-5-7-11(15)8-6-10/h5-8,12H,9H2,1-4H3,(H,16,17)/t12-/m1/s1. The molecule has 0 spiro atoms. The highest BCUT2D eigenvalue weighted by Gasteiger charge is 2.20. The summed E-state index contributed by atoms with van der Waals surface area (Å²) < 4.78 is 11.4. The highest BCUT2D eigenvalue weighted by Crippen LogP contribution is 2.18. The molecule has 106 valence electrons. The zero-order valence-electron chi connectivity index (χ0n) is 11.7. The summed E-state index contributed by atoms with van der Waals surface area (Å²) in [7, 11) is 1.60. The Morgan fingerprint density at radius 2 is 1.89 bits per heavy atom. The molecule has 19 heavy (non-hydrogen) atoms. The van der Waals surface area contributed by atoms with E-state index in [0.29, 0.717) is 6.61 Å². The summed E-state index contributed by atoms with van der Waals surface area (Å²) in [6, 6.07) is 7.49. The van der Waals surface area contributed by atoms with E-state index >= 15 is 0 Å². The zero-order chi connectivity index (χ0) is 14.5. The molecule has 1 N–H and O–H groups in total. The molecule has 0 aliphatic carbocycles. The van der Waals surface area contributed by atoms with Gasteiger partial charge in [-0.25, -0.2) is 4.79 Å². The van der Waals surface area contributed by atoms with Gasteiger partial charge in [-0.15, -0.1) is 0 Å². The van der Waals surface area contributed by atoms with E-state index < -0.39 is 11.7 Å². The lowest BCUT2D eigenvalue weighted by molar-refractivity contribution is 0.0468. The van der Waals surface area contributed by atoms with E-state index in [1.54, 1.807) is 7.11 Å². The fourth-order valence-electron chi connectivity index (χ4n) is 1.53. The van der Waals surface area contributed by atoms with Crippen molar-refractivity contribution >= 4 is 22.0 Å². The number of rotatable bonds is 4. The third-order valence-electron chi connectivity index (χ3n) is 2.30. The van der Waals surface area contributed by atoms with E-state index in [1.807, 2.05) is 45.0 Å². The first-order valence-electron chi connectivity index (χ1n) is 6.06. The average Bonchev–Trinajstić information content (AvgIpc) is 2.27. The van der Waals surface area contributed by atoms with Gasteiger partial charge in [-0.05, 0) is 38.5 Å². The van der Waals surface area contributed by atoms with Gasteiger partial charge in [0.1, 0.15) is 5.60 Å². The number of hydrogen-bond donors (Lipinski definition) is 1. The summed E-state index contributed by atoms with van der Waals surface area (Å²) in [5.74, 6) is 0. The van der Waals surface area contributed by atoms with E-state index in [1.165, 1.54) is 0 Å². The van der Waals surface area contributed by atoms with Crippen LogP contribution in [0.4, 0.5) is 4.79 Å². The number of benzene rings is 1. The molecule has 0 aromatic heterocycles. The highest BCUT2D eigenvalue weighted by atomic mass is 79.9. The smallest absolute Gasteiger partial charge is 0.408 e. The lowest BCUT2D eigenvalue weighted by Gasteiger charge is -2.23. The van der Waals surface area contributed by atoms with Crippen molar-refractivity contribution in [2.75, 3.05) is 13.7 Å². The second-order valence-electron chi connectivity index (χ2n) is 5.21. The monoisotopic (exact) mass is 329 g/mol. The molecule has 0 fully saturated rings. The fraction of sp³-hybridized carbons (Fsp3) is 0.500. The third kappa shape index (κ3) is 6.07. The molecular formula is C14H20BrNO3. The Bertz CT molecular complexity index is 412. The first-order valence-corrected chi connectivity index (χ1v) is 6.85. The van der Waals surface area contributed by atoms with Crippen molar-refractivity contribution in [2.45, 2.75) is 32.4 Å². The van der Waals surface area contributed by atoms with Gasteiger partial charge in [0.25, 0.3) is 0 Å². The van der Waals surface area contributed by atoms with Crippen molar-refractivity contribution in [1.29, 1.82) is 0 Å². The van der Waals surface area contributed by atoms with E-state index in [-0.39, 0.29) is 6.04 Å². The summed E-state index contributed by atoms with van der Waals surface area (Å²) >= 11 is 3.38. The summed E-state index contributed by atoms with van der Waals surface area (Å²) in [6.45, 7) is 5.88. The van der Waals surface area contributed by atoms with Crippen molar-refractivity contribution in [2.24, 2.45) is 0 Å². The summed E-state index contributed by atoms with van der Waals surface area (Å²) in [5, 5.41) is 2.81. The fourth-order valence-corrected chi connectivity index (χ4v) is 1.80. The van der Waals surface area contributed by atoms with Gasteiger partial charge in [0.05, 0.1) is 12.6 Å². The number of ether oxygens (including phenoxy) is 2. The molecule has 1 amide bonds. The van der Waals surface area contributed by atoms with Gasteiger partial charge >= 0.3 is 6.09 Å². The molecule has 0 aliphatic heterocycles. The van der Waals surface area contributed by atoms with Crippen LogP contribution in [-0.4, -0.2) is 25.4 Å². The van der Waals surface area contributed by atoms with Crippen LogP contribution in [0.15, 0.2) is 28.7 Å². The number of halogens is 1. The highest BCUT2D eigenvalue weighted by molar-refractivity contribution is 9.10. The van der Waals surface area contributed by atoms with Gasteiger partial charge < -0.3 is 14.8 Å². The molecule has 0 heterocycles. The van der Waals surface area contributed by atoms with Crippen LogP contribution in [0, 0.1) is 0 Å². The van der Waals surface area contributed by atoms with Crippen molar-refractivity contribution in [1.82, 2.24) is 5.32 Å². The molecule has 1 rings (SSSR count). The second kappa shape index (κ2) is 6.91. The Morgan fingerprint density at radius 1 is 1.32 bits per heavy atom. The Kier molecular flexibility index (Phi) is 5.82. The molecule has 1 aromatic carbocycles. The number of methoxy groups -OCH3 is 1. The minimum atomic E-state index is -0.512. The Balaban J connectivity index is 2.73. The number of nitrogens with one attached hydrogen (secondary N) is 1. The van der Waals surface area contributed by atoms with Crippen molar-refractivity contribution < 1.29 is 14.3 Å². The van der Waals surface area contributed by atoms with Gasteiger partial charge in [0.2, 0.25) is 0 Å². The van der Waals surface area contributed by atoms with E-state index in [9.17, 15) is 4.79 Å². The van der Waals surface area contributed by atoms with Gasteiger partial charge in [-0.3, -0.25) is 0 Å². The number of carbonyl (C=O) groups is 1. The second-order valence-corrected chi connectivity index (χ2v) is 6.12. The van der Waals surface area contributed by atoms with Crippen molar-refractivity contribution in [3.05, 3.63) is 34.3 Å². The molecule has 4 nitrogen and oxygen atoms in total. The van der Waals surface area contributed by atoms with Crippen molar-refractivity contribution in [3.8, 4) is 0 Å². The van der Waals surface area contributed by atoms with Crippen LogP contribution in [0.3, 0.4) is 0 Å². The van der Waals surface area contributed by atoms with Crippen LogP contribution in [-0.2, 0) is 9.47 Å². The van der Waals surface area contributed by atoms with E-state index in [0.717, 1.165) is 10.0 Å². The molecule has 0 bridgehead atoms. The molecule has 0 unspecified atom stereocenters. The molecular weight excluding hydrogens is 310 g/mol. The lowest BCUT2D eigenvalue weighted by atomic mass is 10.1.